The molecule has 0 aromatic rings. The number of carbonyl (C=O) groups excluding carboxylic acids is 1. The van der Waals surface area contributed by atoms with E-state index in [1.54, 1.807) is 0 Å². The summed E-state index contributed by atoms with van der Waals surface area (Å²) in [6.07, 6.45) is 1.74. The van der Waals surface area contributed by atoms with Gasteiger partial charge in [0.05, 0.1) is 19.8 Å². The van der Waals surface area contributed by atoms with Gasteiger partial charge in [-0.2, -0.15) is 0 Å². The summed E-state index contributed by atoms with van der Waals surface area (Å²) in [5, 5.41) is 3.15. The second kappa shape index (κ2) is 10.3. The van der Waals surface area contributed by atoms with Crippen molar-refractivity contribution in [2.24, 2.45) is 0 Å². The van der Waals surface area contributed by atoms with Crippen molar-refractivity contribution in [1.82, 2.24) is 5.32 Å². The molecule has 17 heavy (non-hydrogen) atoms. The first-order chi connectivity index (χ1) is 8.11. The average Bonchev–Trinajstić information content (AvgIpc) is 2.27. The Hall–Kier alpha value is -0.870. The van der Waals surface area contributed by atoms with Crippen LogP contribution in [-0.4, -0.2) is 38.4 Å². The summed E-state index contributed by atoms with van der Waals surface area (Å²) in [5.41, 5.74) is 1.00. The number of esters is 1. The zero-order chi connectivity index (χ0) is 13.1. The predicted molar refractivity (Wildman–Crippen MR) is 69.0 cm³/mol. The molecule has 0 rings (SSSR count). The highest BCUT2D eigenvalue weighted by Gasteiger charge is 2.17. The van der Waals surface area contributed by atoms with E-state index in [0.717, 1.165) is 18.4 Å². The van der Waals surface area contributed by atoms with Crippen molar-refractivity contribution in [3.63, 3.8) is 0 Å². The molecule has 4 heteroatoms. The van der Waals surface area contributed by atoms with Crippen molar-refractivity contribution >= 4 is 5.97 Å². The normalized spacial score (nSPS) is 12.2. The lowest BCUT2D eigenvalue weighted by Gasteiger charge is -2.16. The number of rotatable bonds is 10. The molecule has 4 nitrogen and oxygen atoms in total. The molecule has 0 fully saturated rings. The Bertz CT molecular complexity index is 229. The zero-order valence-electron chi connectivity index (χ0n) is 11.3. The third-order valence-electron chi connectivity index (χ3n) is 2.13. The van der Waals surface area contributed by atoms with Crippen LogP contribution in [-0.2, 0) is 14.3 Å². The molecule has 100 valence electrons. The molecule has 0 heterocycles. The summed E-state index contributed by atoms with van der Waals surface area (Å²) >= 11 is 0. The molecule has 1 unspecified atom stereocenters. The SMILES string of the molecule is C=C(C)COCCNC(CCC)C(=O)OCC. The first kappa shape index (κ1) is 16.1. The van der Waals surface area contributed by atoms with E-state index in [4.69, 9.17) is 9.47 Å². The second-order valence-corrected chi connectivity index (χ2v) is 4.06. The monoisotopic (exact) mass is 243 g/mol. The summed E-state index contributed by atoms with van der Waals surface area (Å²) in [4.78, 5) is 11.6. The Labute approximate surface area is 104 Å². The van der Waals surface area contributed by atoms with Crippen molar-refractivity contribution in [2.75, 3.05) is 26.4 Å². The van der Waals surface area contributed by atoms with Crippen molar-refractivity contribution in [1.29, 1.82) is 0 Å². The Morgan fingerprint density at radius 2 is 2.12 bits per heavy atom. The lowest BCUT2D eigenvalue weighted by Crippen LogP contribution is -2.39. The third kappa shape index (κ3) is 8.89. The molecule has 1 atom stereocenters. The molecule has 0 aliphatic carbocycles. The molecule has 0 bridgehead atoms. The van der Waals surface area contributed by atoms with Crippen molar-refractivity contribution in [3.8, 4) is 0 Å². The van der Waals surface area contributed by atoms with Crippen LogP contribution >= 0.6 is 0 Å². The van der Waals surface area contributed by atoms with Gasteiger partial charge in [-0.25, -0.2) is 0 Å². The molecule has 0 saturated heterocycles. The number of nitrogens with one attached hydrogen (secondary N) is 1. The molecule has 0 radical (unpaired) electrons. The highest BCUT2D eigenvalue weighted by atomic mass is 16.5. The van der Waals surface area contributed by atoms with E-state index in [0.29, 0.717) is 26.4 Å². The first-order valence-corrected chi connectivity index (χ1v) is 6.23. The van der Waals surface area contributed by atoms with Crippen LogP contribution in [0.3, 0.4) is 0 Å². The highest BCUT2D eigenvalue weighted by molar-refractivity contribution is 5.75. The fourth-order valence-electron chi connectivity index (χ4n) is 1.39. The van der Waals surface area contributed by atoms with E-state index in [9.17, 15) is 4.79 Å². The fourth-order valence-corrected chi connectivity index (χ4v) is 1.39. The van der Waals surface area contributed by atoms with Crippen LogP contribution in [0, 0.1) is 0 Å². The van der Waals surface area contributed by atoms with Gasteiger partial charge in [-0.15, -0.1) is 0 Å². The maximum absolute atomic E-state index is 11.6. The minimum absolute atomic E-state index is 0.172. The average molecular weight is 243 g/mol. The molecule has 0 aliphatic rings. The smallest absolute Gasteiger partial charge is 0.323 e. The summed E-state index contributed by atoms with van der Waals surface area (Å²) in [6, 6.07) is -0.214. The van der Waals surface area contributed by atoms with Crippen LogP contribution in [0.2, 0.25) is 0 Å². The van der Waals surface area contributed by atoms with Gasteiger partial charge >= 0.3 is 5.97 Å². The molecule has 0 aliphatic heterocycles. The van der Waals surface area contributed by atoms with E-state index in [-0.39, 0.29) is 12.0 Å². The molecule has 0 spiro atoms. The Balaban J connectivity index is 3.76. The van der Waals surface area contributed by atoms with Gasteiger partial charge in [0.25, 0.3) is 0 Å². The number of hydrogen-bond acceptors (Lipinski definition) is 4. The minimum atomic E-state index is -0.214. The molecular formula is C13H25NO3. The second-order valence-electron chi connectivity index (χ2n) is 4.06. The van der Waals surface area contributed by atoms with Gasteiger partial charge in [-0.3, -0.25) is 4.79 Å². The van der Waals surface area contributed by atoms with Crippen molar-refractivity contribution in [2.45, 2.75) is 39.7 Å². The first-order valence-electron chi connectivity index (χ1n) is 6.23. The number of carbonyl (C=O) groups is 1. The predicted octanol–water partition coefficient (Wildman–Crippen LogP) is 1.90. The van der Waals surface area contributed by atoms with E-state index >= 15 is 0 Å². The van der Waals surface area contributed by atoms with Crippen LogP contribution in [0.25, 0.3) is 0 Å². The molecule has 1 N–H and O–H groups in total. The van der Waals surface area contributed by atoms with Gasteiger partial charge in [-0.1, -0.05) is 25.5 Å². The maximum Gasteiger partial charge on any atom is 0.323 e. The Morgan fingerprint density at radius 1 is 1.41 bits per heavy atom. The van der Waals surface area contributed by atoms with Crippen LogP contribution in [0.15, 0.2) is 12.2 Å². The largest absolute Gasteiger partial charge is 0.465 e. The van der Waals surface area contributed by atoms with Crippen molar-refractivity contribution in [3.05, 3.63) is 12.2 Å². The van der Waals surface area contributed by atoms with Gasteiger partial charge in [0.2, 0.25) is 0 Å². The molecule has 0 amide bonds. The molecular weight excluding hydrogens is 218 g/mol. The minimum Gasteiger partial charge on any atom is -0.465 e. The van der Waals surface area contributed by atoms with Gasteiger partial charge in [0.15, 0.2) is 0 Å². The van der Waals surface area contributed by atoms with Crippen LogP contribution in [0.5, 0.6) is 0 Å². The summed E-state index contributed by atoms with van der Waals surface area (Å²) in [7, 11) is 0. The summed E-state index contributed by atoms with van der Waals surface area (Å²) in [6.45, 7) is 11.8. The van der Waals surface area contributed by atoms with E-state index < -0.39 is 0 Å². The van der Waals surface area contributed by atoms with Gasteiger partial charge in [0.1, 0.15) is 6.04 Å². The molecule has 0 saturated carbocycles. The van der Waals surface area contributed by atoms with E-state index in [1.165, 1.54) is 0 Å². The van der Waals surface area contributed by atoms with E-state index in [2.05, 4.69) is 11.9 Å². The summed E-state index contributed by atoms with van der Waals surface area (Å²) in [5.74, 6) is -0.172. The number of ether oxygens (including phenoxy) is 2. The lowest BCUT2D eigenvalue weighted by molar-refractivity contribution is -0.145. The van der Waals surface area contributed by atoms with Gasteiger partial charge in [-0.05, 0) is 20.3 Å². The topological polar surface area (TPSA) is 47.6 Å². The van der Waals surface area contributed by atoms with Crippen molar-refractivity contribution < 1.29 is 14.3 Å². The zero-order valence-corrected chi connectivity index (χ0v) is 11.3. The number of hydrogen-bond donors (Lipinski definition) is 1. The molecule has 0 aromatic carbocycles. The summed E-state index contributed by atoms with van der Waals surface area (Å²) < 4.78 is 10.3. The quantitative estimate of drug-likeness (QED) is 0.362. The molecule has 0 aromatic heterocycles. The maximum atomic E-state index is 11.6. The van der Waals surface area contributed by atoms with Crippen LogP contribution in [0.4, 0.5) is 0 Å². The van der Waals surface area contributed by atoms with Gasteiger partial charge in [0, 0.05) is 6.54 Å². The van der Waals surface area contributed by atoms with E-state index in [1.807, 2.05) is 20.8 Å². The Kier molecular flexibility index (Phi) is 9.77. The lowest BCUT2D eigenvalue weighted by atomic mass is 10.1. The third-order valence-corrected chi connectivity index (χ3v) is 2.13. The highest BCUT2D eigenvalue weighted by Crippen LogP contribution is 1.99. The van der Waals surface area contributed by atoms with Crippen LogP contribution in [0.1, 0.15) is 33.6 Å². The standard InChI is InChI=1S/C13H25NO3/c1-5-7-12(13(15)17-6-2)14-8-9-16-10-11(3)4/h12,14H,3,5-10H2,1-2,4H3. The van der Waals surface area contributed by atoms with Gasteiger partial charge < -0.3 is 14.8 Å². The fraction of sp³-hybridized carbons (Fsp3) is 0.769. The van der Waals surface area contributed by atoms with Crippen LogP contribution < -0.4 is 5.32 Å². The Morgan fingerprint density at radius 3 is 2.65 bits per heavy atom.